The maximum atomic E-state index is 13.3. The Morgan fingerprint density at radius 1 is 1.44 bits per heavy atom. The van der Waals surface area contributed by atoms with Crippen LogP contribution in [0.4, 0.5) is 10.1 Å². The van der Waals surface area contributed by atoms with E-state index in [1.807, 2.05) is 0 Å². The smallest absolute Gasteiger partial charge is 0.247 e. The number of amides is 2. The van der Waals surface area contributed by atoms with Crippen molar-refractivity contribution in [3.8, 4) is 0 Å². The lowest BCUT2D eigenvalue weighted by Crippen LogP contribution is -2.58. The van der Waals surface area contributed by atoms with Crippen molar-refractivity contribution in [3.63, 3.8) is 0 Å². The lowest BCUT2D eigenvalue weighted by Gasteiger charge is -2.34. The van der Waals surface area contributed by atoms with E-state index in [0.717, 1.165) is 6.07 Å². The van der Waals surface area contributed by atoms with Crippen molar-refractivity contribution < 1.29 is 14.0 Å². The summed E-state index contributed by atoms with van der Waals surface area (Å²) < 4.78 is 13.3. The predicted octanol–water partition coefficient (Wildman–Crippen LogP) is 1.72. The molecule has 1 aromatic carbocycles. The van der Waals surface area contributed by atoms with E-state index in [1.54, 1.807) is 6.92 Å². The molecule has 1 unspecified atom stereocenters. The van der Waals surface area contributed by atoms with E-state index in [1.165, 1.54) is 17.0 Å². The van der Waals surface area contributed by atoms with Gasteiger partial charge in [-0.1, -0.05) is 18.5 Å². The van der Waals surface area contributed by atoms with Gasteiger partial charge in [-0.25, -0.2) is 4.39 Å². The minimum Gasteiger partial charge on any atom is -0.345 e. The van der Waals surface area contributed by atoms with Gasteiger partial charge in [0.05, 0.1) is 6.54 Å². The molecule has 0 radical (unpaired) electrons. The van der Waals surface area contributed by atoms with Crippen LogP contribution in [-0.4, -0.2) is 24.4 Å². The molecule has 1 N–H and O–H groups in total. The molecular formula is C12H12ClFN2O2. The maximum Gasteiger partial charge on any atom is 0.247 e. The zero-order valence-corrected chi connectivity index (χ0v) is 10.5. The number of nitrogens with zero attached hydrogens (tertiary/aromatic N) is 1. The van der Waals surface area contributed by atoms with E-state index in [2.05, 4.69) is 5.32 Å². The van der Waals surface area contributed by atoms with Crippen molar-refractivity contribution in [1.29, 1.82) is 0 Å². The van der Waals surface area contributed by atoms with Crippen LogP contribution in [0.5, 0.6) is 0 Å². The van der Waals surface area contributed by atoms with Gasteiger partial charge in [0.15, 0.2) is 0 Å². The third-order valence-electron chi connectivity index (χ3n) is 2.81. The molecule has 0 bridgehead atoms. The number of piperazine rings is 1. The molecule has 2 amide bonds. The van der Waals surface area contributed by atoms with Gasteiger partial charge >= 0.3 is 0 Å². The first-order valence-electron chi connectivity index (χ1n) is 5.58. The average Bonchev–Trinajstić information content (AvgIpc) is 2.30. The molecular weight excluding hydrogens is 259 g/mol. The molecule has 1 saturated heterocycles. The second kappa shape index (κ2) is 4.94. The second-order valence-corrected chi connectivity index (χ2v) is 4.47. The van der Waals surface area contributed by atoms with Crippen LogP contribution in [0.15, 0.2) is 18.2 Å². The number of anilines is 1. The Hall–Kier alpha value is -1.62. The summed E-state index contributed by atoms with van der Waals surface area (Å²) in [6.07, 6.45) is 0.450. The molecule has 2 rings (SSSR count). The molecule has 1 aromatic rings. The number of nitrogens with one attached hydrogen (secondary N) is 1. The summed E-state index contributed by atoms with van der Waals surface area (Å²) in [6.45, 7) is 1.71. The summed E-state index contributed by atoms with van der Waals surface area (Å²) in [5.74, 6) is -1.05. The number of carbonyl (C=O) groups excluding carboxylic acids is 2. The molecule has 1 aliphatic heterocycles. The molecule has 0 aromatic heterocycles. The van der Waals surface area contributed by atoms with Crippen LogP contribution in [0.1, 0.15) is 13.3 Å². The lowest BCUT2D eigenvalue weighted by molar-refractivity contribution is -0.131. The van der Waals surface area contributed by atoms with Crippen LogP contribution in [0.3, 0.4) is 0 Å². The van der Waals surface area contributed by atoms with Crippen molar-refractivity contribution in [2.45, 2.75) is 19.4 Å². The fourth-order valence-corrected chi connectivity index (χ4v) is 2.24. The summed E-state index contributed by atoms with van der Waals surface area (Å²) in [6, 6.07) is 3.21. The third kappa shape index (κ3) is 2.31. The van der Waals surface area contributed by atoms with E-state index in [-0.39, 0.29) is 23.4 Å². The minimum atomic E-state index is -0.621. The lowest BCUT2D eigenvalue weighted by atomic mass is 10.1. The van der Waals surface area contributed by atoms with E-state index in [4.69, 9.17) is 11.6 Å². The van der Waals surface area contributed by atoms with Gasteiger partial charge in [-0.05, 0) is 24.6 Å². The Bertz CT molecular complexity index is 487. The number of rotatable bonds is 2. The van der Waals surface area contributed by atoms with Gasteiger partial charge in [-0.3, -0.25) is 14.5 Å². The Morgan fingerprint density at radius 2 is 2.17 bits per heavy atom. The first-order chi connectivity index (χ1) is 8.52. The first-order valence-corrected chi connectivity index (χ1v) is 5.96. The molecule has 4 nitrogen and oxygen atoms in total. The largest absolute Gasteiger partial charge is 0.345 e. The van der Waals surface area contributed by atoms with Crippen LogP contribution >= 0.6 is 11.6 Å². The van der Waals surface area contributed by atoms with E-state index >= 15 is 0 Å². The quantitative estimate of drug-likeness (QED) is 0.890. The Balaban J connectivity index is 2.44. The van der Waals surface area contributed by atoms with Crippen molar-refractivity contribution in [2.24, 2.45) is 0 Å². The van der Waals surface area contributed by atoms with Crippen LogP contribution in [0.25, 0.3) is 0 Å². The van der Waals surface area contributed by atoms with E-state index < -0.39 is 11.9 Å². The molecule has 0 spiro atoms. The minimum absolute atomic E-state index is 0.0799. The first kappa shape index (κ1) is 12.8. The standard InChI is InChI=1S/C12H12ClFN2O2/c1-2-10-12(18)15-6-11(17)16(10)9-4-7(13)3-8(14)5-9/h3-5,10H,2,6H2,1H3,(H,15,18). The van der Waals surface area contributed by atoms with Crippen LogP contribution in [0, 0.1) is 5.82 Å². The van der Waals surface area contributed by atoms with Crippen LogP contribution < -0.4 is 10.2 Å². The number of benzene rings is 1. The van der Waals surface area contributed by atoms with Gasteiger partial charge in [0.2, 0.25) is 11.8 Å². The average molecular weight is 271 g/mol. The molecule has 1 heterocycles. The zero-order chi connectivity index (χ0) is 13.3. The second-order valence-electron chi connectivity index (χ2n) is 4.03. The number of hydrogen-bond donors (Lipinski definition) is 1. The highest BCUT2D eigenvalue weighted by molar-refractivity contribution is 6.31. The van der Waals surface area contributed by atoms with Crippen molar-refractivity contribution in [2.75, 3.05) is 11.4 Å². The fourth-order valence-electron chi connectivity index (χ4n) is 2.03. The van der Waals surface area contributed by atoms with Gasteiger partial charge in [0.25, 0.3) is 0 Å². The Kier molecular flexibility index (Phi) is 3.52. The maximum absolute atomic E-state index is 13.3. The zero-order valence-electron chi connectivity index (χ0n) is 9.74. The summed E-state index contributed by atoms with van der Waals surface area (Å²) in [7, 11) is 0. The topological polar surface area (TPSA) is 49.4 Å². The van der Waals surface area contributed by atoms with Gasteiger partial charge in [-0.15, -0.1) is 0 Å². The summed E-state index contributed by atoms with van der Waals surface area (Å²) in [4.78, 5) is 24.9. The molecule has 18 heavy (non-hydrogen) atoms. The Labute approximate surface area is 109 Å². The molecule has 0 saturated carbocycles. The number of halogens is 2. The molecule has 6 heteroatoms. The molecule has 0 aliphatic carbocycles. The molecule has 1 fully saturated rings. The normalized spacial score (nSPS) is 19.9. The van der Waals surface area contributed by atoms with E-state index in [9.17, 15) is 14.0 Å². The van der Waals surface area contributed by atoms with E-state index in [0.29, 0.717) is 12.1 Å². The molecule has 96 valence electrons. The van der Waals surface area contributed by atoms with Crippen LogP contribution in [0.2, 0.25) is 5.02 Å². The van der Waals surface area contributed by atoms with Gasteiger partial charge in [0, 0.05) is 10.7 Å². The predicted molar refractivity (Wildman–Crippen MR) is 66.0 cm³/mol. The third-order valence-corrected chi connectivity index (χ3v) is 3.03. The van der Waals surface area contributed by atoms with Gasteiger partial charge in [-0.2, -0.15) is 0 Å². The molecule has 1 atom stereocenters. The van der Waals surface area contributed by atoms with Crippen molar-refractivity contribution in [3.05, 3.63) is 29.0 Å². The highest BCUT2D eigenvalue weighted by Crippen LogP contribution is 2.25. The SMILES string of the molecule is CCC1C(=O)NCC(=O)N1c1cc(F)cc(Cl)c1. The monoisotopic (exact) mass is 270 g/mol. The highest BCUT2D eigenvalue weighted by atomic mass is 35.5. The van der Waals surface area contributed by atoms with Crippen molar-refractivity contribution in [1.82, 2.24) is 5.32 Å². The highest BCUT2D eigenvalue weighted by Gasteiger charge is 2.34. The number of hydrogen-bond acceptors (Lipinski definition) is 2. The van der Waals surface area contributed by atoms with Gasteiger partial charge in [0.1, 0.15) is 11.9 Å². The summed E-state index contributed by atoms with van der Waals surface area (Å²) in [5.41, 5.74) is 0.312. The van der Waals surface area contributed by atoms with Crippen molar-refractivity contribution >= 4 is 29.1 Å². The summed E-state index contributed by atoms with van der Waals surface area (Å²) >= 11 is 5.77. The van der Waals surface area contributed by atoms with Gasteiger partial charge < -0.3 is 5.32 Å². The summed E-state index contributed by atoms with van der Waals surface area (Å²) in [5, 5.41) is 2.70. The molecule has 1 aliphatic rings. The fraction of sp³-hybridized carbons (Fsp3) is 0.333. The number of carbonyl (C=O) groups is 2. The van der Waals surface area contributed by atoms with Crippen LogP contribution in [-0.2, 0) is 9.59 Å². The Morgan fingerprint density at radius 3 is 2.78 bits per heavy atom.